The number of aliphatic hydroxyl groups is 2. The van der Waals surface area contributed by atoms with Crippen molar-refractivity contribution in [1.82, 2.24) is 19.9 Å². The zero-order valence-electron chi connectivity index (χ0n) is 20.1. The Labute approximate surface area is 211 Å². The van der Waals surface area contributed by atoms with E-state index in [1.165, 1.54) is 11.3 Å². The first-order chi connectivity index (χ1) is 17.4. The molecule has 0 saturated heterocycles. The second-order valence-electron chi connectivity index (χ2n) is 9.28. The normalized spacial score (nSPS) is 24.1. The summed E-state index contributed by atoms with van der Waals surface area (Å²) in [6, 6.07) is 1.13. The largest absolute Gasteiger partial charge is 0.390 e. The highest BCUT2D eigenvalue weighted by molar-refractivity contribution is 7.21. The third-order valence-corrected chi connectivity index (χ3v) is 7.75. The SMILES string of the molecule is CCOCCNc1nc(C)c(-c2nc3c(C4CC4)nccc3s2)c(N[C@@H]2C[C@H](C(F)F)[C@@H](O)[C@H]2O)n1. The molecule has 4 N–H and O–H groups in total. The number of anilines is 2. The summed E-state index contributed by atoms with van der Waals surface area (Å²) < 4.78 is 33.2. The Kier molecular flexibility index (Phi) is 7.29. The lowest BCUT2D eigenvalue weighted by Gasteiger charge is -2.21. The van der Waals surface area contributed by atoms with E-state index in [9.17, 15) is 19.0 Å². The number of ether oxygens (including phenoxy) is 1. The van der Waals surface area contributed by atoms with Gasteiger partial charge in [0.2, 0.25) is 12.4 Å². The summed E-state index contributed by atoms with van der Waals surface area (Å²) in [6.07, 6.45) is -1.71. The summed E-state index contributed by atoms with van der Waals surface area (Å²) in [4.78, 5) is 18.7. The number of aryl methyl sites for hydroxylation is 1. The molecule has 12 heteroatoms. The van der Waals surface area contributed by atoms with E-state index in [1.54, 1.807) is 6.20 Å². The number of hydrogen-bond acceptors (Lipinski definition) is 10. The number of hydrogen-bond donors (Lipinski definition) is 4. The van der Waals surface area contributed by atoms with E-state index < -0.39 is 30.6 Å². The van der Waals surface area contributed by atoms with Gasteiger partial charge < -0.3 is 25.6 Å². The molecule has 3 aromatic rings. The van der Waals surface area contributed by atoms with Crippen molar-refractivity contribution in [2.75, 3.05) is 30.4 Å². The lowest BCUT2D eigenvalue weighted by Crippen LogP contribution is -2.36. The van der Waals surface area contributed by atoms with Gasteiger partial charge in [-0.2, -0.15) is 4.98 Å². The summed E-state index contributed by atoms with van der Waals surface area (Å²) >= 11 is 1.49. The number of fused-ring (bicyclic) bond motifs is 1. The van der Waals surface area contributed by atoms with Crippen LogP contribution in [-0.2, 0) is 4.74 Å². The molecule has 2 saturated carbocycles. The Balaban J connectivity index is 1.52. The Morgan fingerprint density at radius 2 is 2.00 bits per heavy atom. The average molecular weight is 521 g/mol. The second kappa shape index (κ2) is 10.4. The molecule has 2 aliphatic rings. The van der Waals surface area contributed by atoms with Crippen molar-refractivity contribution in [3.63, 3.8) is 0 Å². The van der Waals surface area contributed by atoms with Crippen molar-refractivity contribution in [3.8, 4) is 10.6 Å². The summed E-state index contributed by atoms with van der Waals surface area (Å²) in [6.45, 7) is 5.30. The van der Waals surface area contributed by atoms with Crippen molar-refractivity contribution >= 4 is 33.3 Å². The predicted octanol–water partition coefficient (Wildman–Crippen LogP) is 3.57. The number of nitrogens with one attached hydrogen (secondary N) is 2. The van der Waals surface area contributed by atoms with Crippen LogP contribution in [0, 0.1) is 12.8 Å². The number of thiazole rings is 1. The average Bonchev–Trinajstić information content (AvgIpc) is 3.54. The molecule has 2 fully saturated rings. The summed E-state index contributed by atoms with van der Waals surface area (Å²) in [7, 11) is 0. The van der Waals surface area contributed by atoms with Crippen LogP contribution in [0.2, 0.25) is 0 Å². The highest BCUT2D eigenvalue weighted by Crippen LogP contribution is 2.44. The maximum absolute atomic E-state index is 13.4. The maximum Gasteiger partial charge on any atom is 0.244 e. The number of pyridine rings is 1. The molecule has 0 amide bonds. The molecule has 4 atom stereocenters. The van der Waals surface area contributed by atoms with Crippen LogP contribution in [0.1, 0.15) is 43.5 Å². The van der Waals surface area contributed by atoms with E-state index in [-0.39, 0.29) is 6.42 Å². The van der Waals surface area contributed by atoms with E-state index in [2.05, 4.69) is 25.6 Å². The fourth-order valence-electron chi connectivity index (χ4n) is 4.66. The van der Waals surface area contributed by atoms with Gasteiger partial charge in [-0.3, -0.25) is 4.98 Å². The Hall–Kier alpha value is -2.54. The monoisotopic (exact) mass is 520 g/mol. The highest BCUT2D eigenvalue weighted by atomic mass is 32.1. The molecule has 0 radical (unpaired) electrons. The molecule has 0 unspecified atom stereocenters. The van der Waals surface area contributed by atoms with Crippen LogP contribution in [0.3, 0.4) is 0 Å². The number of halogens is 2. The third kappa shape index (κ3) is 4.99. The first-order valence-electron chi connectivity index (χ1n) is 12.2. The Morgan fingerprint density at radius 1 is 1.19 bits per heavy atom. The van der Waals surface area contributed by atoms with Gasteiger partial charge in [-0.05, 0) is 39.2 Å². The van der Waals surface area contributed by atoms with E-state index >= 15 is 0 Å². The molecule has 5 rings (SSSR count). The smallest absolute Gasteiger partial charge is 0.244 e. The van der Waals surface area contributed by atoms with Crippen LogP contribution < -0.4 is 10.6 Å². The van der Waals surface area contributed by atoms with E-state index in [0.717, 1.165) is 28.8 Å². The van der Waals surface area contributed by atoms with Crippen molar-refractivity contribution in [1.29, 1.82) is 0 Å². The molecular weight excluding hydrogens is 490 g/mol. The molecule has 9 nitrogen and oxygen atoms in total. The molecule has 0 spiro atoms. The molecule has 0 aromatic carbocycles. The van der Waals surface area contributed by atoms with Gasteiger partial charge >= 0.3 is 0 Å². The highest BCUT2D eigenvalue weighted by Gasteiger charge is 2.46. The number of aromatic nitrogens is 4. The van der Waals surface area contributed by atoms with Gasteiger partial charge in [0.05, 0.1) is 46.3 Å². The van der Waals surface area contributed by atoms with Gasteiger partial charge in [0.15, 0.2) is 0 Å². The van der Waals surface area contributed by atoms with Crippen LogP contribution in [0.5, 0.6) is 0 Å². The van der Waals surface area contributed by atoms with Crippen LogP contribution >= 0.6 is 11.3 Å². The van der Waals surface area contributed by atoms with Crippen molar-refractivity contribution in [3.05, 3.63) is 23.7 Å². The Bertz CT molecular complexity index is 1220. The number of aliphatic hydroxyl groups excluding tert-OH is 2. The topological polar surface area (TPSA) is 125 Å². The minimum absolute atomic E-state index is 0.0921. The molecule has 0 aliphatic heterocycles. The first-order valence-corrected chi connectivity index (χ1v) is 13.1. The van der Waals surface area contributed by atoms with Crippen LogP contribution in [0.15, 0.2) is 12.3 Å². The molecule has 194 valence electrons. The lowest BCUT2D eigenvalue weighted by molar-refractivity contribution is -0.0333. The Morgan fingerprint density at radius 3 is 2.69 bits per heavy atom. The minimum atomic E-state index is -2.73. The quantitative estimate of drug-likeness (QED) is 0.297. The summed E-state index contributed by atoms with van der Waals surface area (Å²) in [5.41, 5.74) is 3.13. The molecular formula is C24H30F2N6O3S. The lowest BCUT2D eigenvalue weighted by atomic mass is 10.1. The van der Waals surface area contributed by atoms with Gasteiger partial charge in [0, 0.05) is 25.3 Å². The zero-order valence-corrected chi connectivity index (χ0v) is 20.9. The fourth-order valence-corrected chi connectivity index (χ4v) is 5.73. The van der Waals surface area contributed by atoms with E-state index in [0.29, 0.717) is 53.7 Å². The molecule has 2 aliphatic carbocycles. The van der Waals surface area contributed by atoms with Gasteiger partial charge in [0.25, 0.3) is 0 Å². The summed E-state index contributed by atoms with van der Waals surface area (Å²) in [5, 5.41) is 27.6. The van der Waals surface area contributed by atoms with Crippen LogP contribution in [-0.4, -0.2) is 74.6 Å². The maximum atomic E-state index is 13.4. The molecule has 3 aromatic heterocycles. The predicted molar refractivity (Wildman–Crippen MR) is 134 cm³/mol. The number of rotatable bonds is 10. The van der Waals surface area contributed by atoms with Crippen molar-refractivity contribution in [2.24, 2.45) is 5.92 Å². The fraction of sp³-hybridized carbons (Fsp3) is 0.583. The van der Waals surface area contributed by atoms with Gasteiger partial charge in [0.1, 0.15) is 22.4 Å². The molecule has 3 heterocycles. The van der Waals surface area contributed by atoms with Gasteiger partial charge in [-0.15, -0.1) is 11.3 Å². The molecule has 36 heavy (non-hydrogen) atoms. The van der Waals surface area contributed by atoms with Crippen LogP contribution in [0.4, 0.5) is 20.5 Å². The zero-order chi connectivity index (χ0) is 25.4. The van der Waals surface area contributed by atoms with E-state index in [4.69, 9.17) is 9.72 Å². The van der Waals surface area contributed by atoms with Crippen molar-refractivity contribution in [2.45, 2.75) is 63.7 Å². The second-order valence-corrected chi connectivity index (χ2v) is 10.3. The van der Waals surface area contributed by atoms with E-state index in [1.807, 2.05) is 19.9 Å². The van der Waals surface area contributed by atoms with Gasteiger partial charge in [-0.1, -0.05) is 0 Å². The third-order valence-electron chi connectivity index (χ3n) is 6.71. The molecule has 0 bridgehead atoms. The number of alkyl halides is 2. The summed E-state index contributed by atoms with van der Waals surface area (Å²) in [5.74, 6) is -0.176. The first kappa shape index (κ1) is 25.1. The van der Waals surface area contributed by atoms with Crippen LogP contribution in [0.25, 0.3) is 20.8 Å². The minimum Gasteiger partial charge on any atom is -0.390 e. The standard InChI is InChI=1S/C24H30F2N6O3S/c1-3-35-9-8-28-24-29-11(2)16(22(32-24)30-14-10-13(21(25)26)19(33)20(14)34)23-31-18-15(36-23)6-7-27-17(18)12-4-5-12/h6-7,12-14,19-21,33-34H,3-5,8-10H2,1-2H3,(H2,28,29,30,32)/t13-,14+,19+,20-/m0/s1. The van der Waals surface area contributed by atoms with Gasteiger partial charge in [-0.25, -0.2) is 18.7 Å². The van der Waals surface area contributed by atoms with Crippen molar-refractivity contribution < 1.29 is 23.7 Å². The number of nitrogens with zero attached hydrogens (tertiary/aromatic N) is 4.